The Labute approximate surface area is 174 Å². The molecule has 0 radical (unpaired) electrons. The number of fused-ring (bicyclic) bond motifs is 3. The molecule has 0 bridgehead atoms. The molecule has 164 valence electrons. The second kappa shape index (κ2) is 7.35. The number of hydrogen-bond acceptors (Lipinski definition) is 11. The molecule has 0 aliphatic heterocycles. The smallest absolute Gasteiger partial charge is 0.473 e. The number of non-ortho nitro benzene ring substituents is 1. The van der Waals surface area contributed by atoms with Crippen LogP contribution >= 0.6 is 0 Å². The van der Waals surface area contributed by atoms with Crippen molar-refractivity contribution < 1.29 is 34.4 Å². The average Bonchev–Trinajstić information content (AvgIpc) is 3.04. The van der Waals surface area contributed by atoms with Crippen molar-refractivity contribution in [2.75, 3.05) is 0 Å². The van der Waals surface area contributed by atoms with Crippen LogP contribution in [0.3, 0.4) is 0 Å². The summed E-state index contributed by atoms with van der Waals surface area (Å²) >= 11 is 0. The van der Waals surface area contributed by atoms with Gasteiger partial charge in [0.1, 0.15) is 5.71 Å². The van der Waals surface area contributed by atoms with Gasteiger partial charge in [0.15, 0.2) is 0 Å². The van der Waals surface area contributed by atoms with Gasteiger partial charge in [-0.05, 0) is 0 Å². The zero-order chi connectivity index (χ0) is 24.0. The quantitative estimate of drug-likeness (QED) is 0.313. The summed E-state index contributed by atoms with van der Waals surface area (Å²) in [6.45, 7) is 0.569. The van der Waals surface area contributed by atoms with Crippen LogP contribution in [0.15, 0.2) is 35.5 Å². The molecule has 3 rings (SSSR count). The van der Waals surface area contributed by atoms with E-state index in [1.165, 1.54) is 12.1 Å². The highest BCUT2D eigenvalue weighted by atomic mass is 16.7. The molecule has 0 fully saturated rings. The van der Waals surface area contributed by atoms with Crippen molar-refractivity contribution in [1.29, 1.82) is 0 Å². The van der Waals surface area contributed by atoms with Gasteiger partial charge in [-0.1, -0.05) is 17.3 Å². The summed E-state index contributed by atoms with van der Waals surface area (Å²) in [5.41, 5.74) is -7.07. The first-order valence-corrected chi connectivity index (χ1v) is 8.29. The van der Waals surface area contributed by atoms with Crippen molar-refractivity contribution in [3.05, 3.63) is 81.9 Å². The predicted molar refractivity (Wildman–Crippen MR) is 102 cm³/mol. The molecule has 1 unspecified atom stereocenters. The van der Waals surface area contributed by atoms with Crippen molar-refractivity contribution in [3.63, 3.8) is 0 Å². The number of aliphatic carboxylic acids is 1. The molecule has 2 aromatic rings. The van der Waals surface area contributed by atoms with E-state index in [0.717, 1.165) is 12.1 Å². The highest BCUT2D eigenvalue weighted by Gasteiger charge is 2.51. The standard InChI is InChI=1S/C16H9N5O11/c1-16(15(22)23,21(30)31)32-17-14-8-3-2-4-10(19(26)27)12(8)13-9(14)5-7(18(24)25)6-11(13)20(28)29/h2-6H,1H3,(H,22,23). The molecule has 2 aromatic carbocycles. The van der Waals surface area contributed by atoms with Crippen LogP contribution in [-0.2, 0) is 9.63 Å². The SMILES string of the molecule is CC(ON=C1c2cccc([N+](=O)[O-])c2-c2c1cc([N+](=O)[O-])cc2[N+](=O)[O-])(C(=O)O)[N+](=O)[O-]. The van der Waals surface area contributed by atoms with Crippen LogP contribution in [0.4, 0.5) is 17.1 Å². The molecule has 1 N–H and O–H groups in total. The first-order valence-electron chi connectivity index (χ1n) is 8.29. The molecule has 0 saturated carbocycles. The molecule has 1 aliphatic carbocycles. The van der Waals surface area contributed by atoms with Gasteiger partial charge in [0.2, 0.25) is 0 Å². The largest absolute Gasteiger partial charge is 0.476 e. The lowest BCUT2D eigenvalue weighted by Crippen LogP contribution is -2.45. The molecule has 1 atom stereocenters. The maximum atomic E-state index is 11.6. The second-order valence-electron chi connectivity index (χ2n) is 6.43. The lowest BCUT2D eigenvalue weighted by molar-refractivity contribution is -0.608. The van der Waals surface area contributed by atoms with Gasteiger partial charge < -0.3 is 9.94 Å². The molecule has 0 spiro atoms. The van der Waals surface area contributed by atoms with E-state index in [1.54, 1.807) is 0 Å². The Bertz CT molecular complexity index is 1260. The van der Waals surface area contributed by atoms with Gasteiger partial charge >= 0.3 is 11.7 Å². The number of carbonyl (C=O) groups is 1. The summed E-state index contributed by atoms with van der Waals surface area (Å²) in [7, 11) is 0. The average molecular weight is 447 g/mol. The third-order valence-electron chi connectivity index (χ3n) is 4.57. The highest BCUT2D eigenvalue weighted by molar-refractivity contribution is 6.27. The van der Waals surface area contributed by atoms with Gasteiger partial charge in [0.05, 0.1) is 43.8 Å². The zero-order valence-electron chi connectivity index (χ0n) is 15.7. The summed E-state index contributed by atoms with van der Waals surface area (Å²) in [6.07, 6.45) is 0. The number of carboxylic acids is 1. The van der Waals surface area contributed by atoms with Crippen molar-refractivity contribution in [2.24, 2.45) is 5.16 Å². The minimum Gasteiger partial charge on any atom is -0.473 e. The maximum Gasteiger partial charge on any atom is 0.476 e. The van der Waals surface area contributed by atoms with Crippen LogP contribution in [0, 0.1) is 40.5 Å². The molecule has 1 aliphatic rings. The first kappa shape index (κ1) is 21.7. The molecule has 32 heavy (non-hydrogen) atoms. The highest BCUT2D eigenvalue weighted by Crippen LogP contribution is 2.48. The van der Waals surface area contributed by atoms with E-state index in [1.807, 2.05) is 0 Å². The van der Waals surface area contributed by atoms with E-state index >= 15 is 0 Å². The molecule has 0 amide bonds. The van der Waals surface area contributed by atoms with Gasteiger partial charge in [-0.2, -0.15) is 0 Å². The van der Waals surface area contributed by atoms with E-state index in [2.05, 4.69) is 9.99 Å². The van der Waals surface area contributed by atoms with Crippen molar-refractivity contribution in [1.82, 2.24) is 0 Å². The Morgan fingerprint density at radius 2 is 1.53 bits per heavy atom. The van der Waals surface area contributed by atoms with E-state index in [-0.39, 0.29) is 16.7 Å². The van der Waals surface area contributed by atoms with Gasteiger partial charge in [0.25, 0.3) is 17.1 Å². The van der Waals surface area contributed by atoms with Crippen molar-refractivity contribution in [2.45, 2.75) is 12.6 Å². The number of oxime groups is 1. The summed E-state index contributed by atoms with van der Waals surface area (Å²) in [4.78, 5) is 57.3. The molecular formula is C16H9N5O11. The molecule has 0 heterocycles. The number of benzene rings is 2. The van der Waals surface area contributed by atoms with Crippen molar-refractivity contribution >= 4 is 28.7 Å². The third kappa shape index (κ3) is 3.20. The lowest BCUT2D eigenvalue weighted by Gasteiger charge is -2.13. The monoisotopic (exact) mass is 447 g/mol. The topological polar surface area (TPSA) is 231 Å². The number of hydrogen-bond donors (Lipinski definition) is 1. The first-order chi connectivity index (χ1) is 14.9. The van der Waals surface area contributed by atoms with Gasteiger partial charge in [-0.15, -0.1) is 0 Å². The van der Waals surface area contributed by atoms with Crippen LogP contribution in [0.5, 0.6) is 0 Å². The van der Waals surface area contributed by atoms with E-state index in [4.69, 9.17) is 5.11 Å². The fourth-order valence-electron chi connectivity index (χ4n) is 2.99. The number of nitro benzene ring substituents is 3. The second-order valence-corrected chi connectivity index (χ2v) is 6.43. The van der Waals surface area contributed by atoms with Gasteiger partial charge in [-0.3, -0.25) is 40.5 Å². The number of rotatable bonds is 7. The van der Waals surface area contributed by atoms with Crippen LogP contribution in [0.25, 0.3) is 11.1 Å². The van der Waals surface area contributed by atoms with Gasteiger partial charge in [-0.25, -0.2) is 4.79 Å². The maximum absolute atomic E-state index is 11.6. The molecule has 0 saturated heterocycles. The Balaban J connectivity index is 2.41. The fraction of sp³-hybridized carbons (Fsp3) is 0.125. The lowest BCUT2D eigenvalue weighted by atomic mass is 10.0. The minimum absolute atomic E-state index is 0.172. The summed E-state index contributed by atoms with van der Waals surface area (Å²) in [5.74, 6) is -2.03. The third-order valence-corrected chi connectivity index (χ3v) is 4.57. The van der Waals surface area contributed by atoms with Crippen molar-refractivity contribution in [3.8, 4) is 11.1 Å². The zero-order valence-corrected chi connectivity index (χ0v) is 15.7. The summed E-state index contributed by atoms with van der Waals surface area (Å²) in [5, 5.41) is 58.1. The summed E-state index contributed by atoms with van der Waals surface area (Å²) < 4.78 is 0. The Morgan fingerprint density at radius 1 is 0.938 bits per heavy atom. The van der Waals surface area contributed by atoms with Gasteiger partial charge in [0, 0.05) is 23.3 Å². The van der Waals surface area contributed by atoms with Crippen LogP contribution in [-0.4, -0.2) is 42.2 Å². The Kier molecular flexibility index (Phi) is 4.98. The van der Waals surface area contributed by atoms with Crippen LogP contribution in [0.2, 0.25) is 0 Å². The van der Waals surface area contributed by atoms with Crippen LogP contribution in [0.1, 0.15) is 18.1 Å². The fourth-order valence-corrected chi connectivity index (χ4v) is 2.99. The normalized spacial score (nSPS) is 14.7. The molecule has 0 aromatic heterocycles. The van der Waals surface area contributed by atoms with E-state index in [0.29, 0.717) is 13.0 Å². The predicted octanol–water partition coefficient (Wildman–Crippen LogP) is 2.24. The van der Waals surface area contributed by atoms with Crippen LogP contribution < -0.4 is 0 Å². The number of nitrogens with zero attached hydrogens (tertiary/aromatic N) is 5. The number of nitro groups is 4. The molecule has 16 nitrogen and oxygen atoms in total. The molecule has 16 heteroatoms. The number of carboxylic acid groups (broad SMARTS) is 1. The van der Waals surface area contributed by atoms with E-state index < -0.39 is 59.7 Å². The summed E-state index contributed by atoms with van der Waals surface area (Å²) in [6, 6.07) is 4.84. The Morgan fingerprint density at radius 3 is 2.03 bits per heavy atom. The minimum atomic E-state index is -3.08. The molecular weight excluding hydrogens is 438 g/mol. The van der Waals surface area contributed by atoms with E-state index in [9.17, 15) is 45.3 Å². The Hall–Kier alpha value is -5.02.